The Morgan fingerprint density at radius 2 is 1.79 bits per heavy atom. The van der Waals surface area contributed by atoms with E-state index in [0.717, 1.165) is 55.4 Å². The van der Waals surface area contributed by atoms with Gasteiger partial charge in [-0.15, -0.1) is 0 Å². The van der Waals surface area contributed by atoms with E-state index in [1.54, 1.807) is 6.26 Å². The van der Waals surface area contributed by atoms with E-state index in [1.165, 1.54) is 17.5 Å². The zero-order valence-electron chi connectivity index (χ0n) is 20.7. The van der Waals surface area contributed by atoms with E-state index in [2.05, 4.69) is 45.1 Å². The van der Waals surface area contributed by atoms with Gasteiger partial charge in [-0.25, -0.2) is 0 Å². The summed E-state index contributed by atoms with van der Waals surface area (Å²) < 4.78 is 23.6. The summed E-state index contributed by atoms with van der Waals surface area (Å²) in [6.07, 6.45) is 5.67. The lowest BCUT2D eigenvalue weighted by Crippen LogP contribution is -2.28. The first-order valence-corrected chi connectivity index (χ1v) is 13.9. The molecular formula is C27H40ClNO3S. The molecule has 1 fully saturated rings. The van der Waals surface area contributed by atoms with Gasteiger partial charge in [0.1, 0.15) is 0 Å². The van der Waals surface area contributed by atoms with Crippen LogP contribution in [0.1, 0.15) is 69.2 Å². The zero-order chi connectivity index (χ0) is 24.2. The summed E-state index contributed by atoms with van der Waals surface area (Å²) in [7, 11) is -1.13. The van der Waals surface area contributed by atoms with Crippen LogP contribution >= 0.6 is 11.6 Å². The Kier molecular flexibility index (Phi) is 12.6. The molecule has 1 aliphatic rings. The molecule has 2 atom stereocenters. The number of benzene rings is 2. The van der Waals surface area contributed by atoms with Gasteiger partial charge in [-0.05, 0) is 67.5 Å². The lowest BCUT2D eigenvalue weighted by Gasteiger charge is -2.25. The fraction of sp³-hybridized carbons (Fsp3) is 0.556. The number of aryl methyl sites for hydroxylation is 1. The molecule has 0 aliphatic carbocycles. The van der Waals surface area contributed by atoms with Crippen molar-refractivity contribution in [1.29, 1.82) is 0 Å². The predicted molar refractivity (Wildman–Crippen MR) is 139 cm³/mol. The molecule has 33 heavy (non-hydrogen) atoms. The van der Waals surface area contributed by atoms with Crippen molar-refractivity contribution in [1.82, 2.24) is 5.32 Å². The quantitative estimate of drug-likeness (QED) is 0.397. The molecule has 3 rings (SSSR count). The molecule has 1 N–H and O–H groups in total. The minimum atomic E-state index is -1.13. The minimum Gasteiger partial charge on any atom is -0.353 e. The summed E-state index contributed by atoms with van der Waals surface area (Å²) in [5.74, 6) is 0.884. The number of rotatable bonds is 9. The molecule has 2 aromatic carbocycles. The molecule has 0 radical (unpaired) electrons. The molecule has 0 aromatic heterocycles. The average molecular weight is 494 g/mol. The van der Waals surface area contributed by atoms with Crippen LogP contribution in [0, 0.1) is 12.8 Å². The monoisotopic (exact) mass is 493 g/mol. The Morgan fingerprint density at radius 3 is 2.39 bits per heavy atom. The smallest absolute Gasteiger partial charge is 0.157 e. The van der Waals surface area contributed by atoms with E-state index in [4.69, 9.17) is 21.1 Å². The molecule has 6 heteroatoms. The molecule has 0 saturated carbocycles. The highest BCUT2D eigenvalue weighted by Crippen LogP contribution is 2.31. The molecule has 1 heterocycles. The molecule has 2 aromatic rings. The molecular weight excluding hydrogens is 454 g/mol. The topological polar surface area (TPSA) is 47.6 Å². The number of ether oxygens (including phenoxy) is 2. The molecule has 1 saturated heterocycles. The van der Waals surface area contributed by atoms with Gasteiger partial charge in [0.25, 0.3) is 0 Å². The van der Waals surface area contributed by atoms with Crippen LogP contribution in [0.5, 0.6) is 0 Å². The maximum Gasteiger partial charge on any atom is 0.157 e. The predicted octanol–water partition coefficient (Wildman–Crippen LogP) is 6.66. The van der Waals surface area contributed by atoms with Crippen molar-refractivity contribution in [3.63, 3.8) is 0 Å². The van der Waals surface area contributed by atoms with Gasteiger partial charge < -0.3 is 14.8 Å². The molecule has 0 bridgehead atoms. The largest absolute Gasteiger partial charge is 0.353 e. The second-order valence-corrected chi connectivity index (χ2v) is 10.6. The van der Waals surface area contributed by atoms with Crippen molar-refractivity contribution in [2.24, 2.45) is 5.92 Å². The van der Waals surface area contributed by atoms with Crippen LogP contribution in [-0.2, 0) is 20.3 Å². The van der Waals surface area contributed by atoms with Gasteiger partial charge >= 0.3 is 0 Å². The summed E-state index contributed by atoms with van der Waals surface area (Å²) in [6.45, 7) is 11.1. The van der Waals surface area contributed by atoms with Gasteiger partial charge in [0.2, 0.25) is 0 Å². The third-order valence-corrected chi connectivity index (χ3v) is 6.98. The summed E-state index contributed by atoms with van der Waals surface area (Å²) in [6, 6.07) is 13.9. The maximum absolute atomic E-state index is 12.4. The first-order chi connectivity index (χ1) is 15.8. The van der Waals surface area contributed by atoms with Crippen LogP contribution in [0.4, 0.5) is 0 Å². The van der Waals surface area contributed by atoms with Gasteiger partial charge in [0.15, 0.2) is 6.29 Å². The van der Waals surface area contributed by atoms with Gasteiger partial charge in [0.05, 0.1) is 30.1 Å². The van der Waals surface area contributed by atoms with E-state index in [1.807, 2.05) is 30.3 Å². The Morgan fingerprint density at radius 1 is 1.12 bits per heavy atom. The second kappa shape index (κ2) is 14.9. The van der Waals surface area contributed by atoms with Crippen molar-refractivity contribution < 1.29 is 13.7 Å². The summed E-state index contributed by atoms with van der Waals surface area (Å²) in [5, 5.41) is 4.26. The van der Waals surface area contributed by atoms with Crippen molar-refractivity contribution in [3.05, 3.63) is 64.2 Å². The maximum atomic E-state index is 12.4. The van der Waals surface area contributed by atoms with Gasteiger partial charge in [0, 0.05) is 16.2 Å². The number of hydrogen-bond acceptors (Lipinski definition) is 4. The van der Waals surface area contributed by atoms with Crippen molar-refractivity contribution in [2.75, 3.05) is 26.0 Å². The lowest BCUT2D eigenvalue weighted by molar-refractivity contribution is -0.181. The molecule has 184 valence electrons. The van der Waals surface area contributed by atoms with Crippen molar-refractivity contribution in [3.8, 4) is 0 Å². The SMILES string of the molecule is CCC(C)C.Cc1ccccc1C(NCCCC1OCCCO1)c1ccc(Cl)cc1S(C)=O. The van der Waals surface area contributed by atoms with Gasteiger partial charge in [-0.2, -0.15) is 0 Å². The third-order valence-electron chi connectivity index (χ3n) is 5.77. The highest BCUT2D eigenvalue weighted by Gasteiger charge is 2.21. The molecule has 4 nitrogen and oxygen atoms in total. The summed E-state index contributed by atoms with van der Waals surface area (Å²) >= 11 is 6.17. The van der Waals surface area contributed by atoms with Crippen molar-refractivity contribution >= 4 is 22.4 Å². The lowest BCUT2D eigenvalue weighted by atomic mass is 9.94. The van der Waals surface area contributed by atoms with Crippen molar-refractivity contribution in [2.45, 2.75) is 70.6 Å². The van der Waals surface area contributed by atoms with Crippen LogP contribution in [-0.4, -0.2) is 36.5 Å². The Labute approximate surface area is 207 Å². The van der Waals surface area contributed by atoms with Crippen LogP contribution in [0.2, 0.25) is 5.02 Å². The summed E-state index contributed by atoms with van der Waals surface area (Å²) in [4.78, 5) is 0.771. The fourth-order valence-electron chi connectivity index (χ4n) is 3.51. The van der Waals surface area contributed by atoms with Gasteiger partial charge in [-0.1, -0.05) is 69.1 Å². The van der Waals surface area contributed by atoms with E-state index in [9.17, 15) is 4.21 Å². The number of nitrogens with one attached hydrogen (secondary N) is 1. The number of hydrogen-bond donors (Lipinski definition) is 1. The molecule has 0 amide bonds. The number of halogens is 1. The van der Waals surface area contributed by atoms with Crippen LogP contribution < -0.4 is 5.32 Å². The molecule has 1 aliphatic heterocycles. The zero-order valence-corrected chi connectivity index (χ0v) is 22.3. The van der Waals surface area contributed by atoms with E-state index >= 15 is 0 Å². The first-order valence-electron chi connectivity index (χ1n) is 12.0. The Bertz CT molecular complexity index is 868. The first kappa shape index (κ1) is 28.0. The third kappa shape index (κ3) is 9.50. The van der Waals surface area contributed by atoms with Crippen LogP contribution in [0.3, 0.4) is 0 Å². The van der Waals surface area contributed by atoms with Crippen LogP contribution in [0.15, 0.2) is 47.4 Å². The highest BCUT2D eigenvalue weighted by molar-refractivity contribution is 7.84. The summed E-state index contributed by atoms with van der Waals surface area (Å²) in [5.41, 5.74) is 3.38. The molecule has 2 unspecified atom stereocenters. The van der Waals surface area contributed by atoms with Crippen LogP contribution in [0.25, 0.3) is 0 Å². The highest BCUT2D eigenvalue weighted by atomic mass is 35.5. The van der Waals surface area contributed by atoms with E-state index in [-0.39, 0.29) is 12.3 Å². The minimum absolute atomic E-state index is 0.0504. The second-order valence-electron chi connectivity index (χ2n) is 8.85. The average Bonchev–Trinajstić information content (AvgIpc) is 2.81. The Balaban J connectivity index is 0.000000696. The van der Waals surface area contributed by atoms with E-state index in [0.29, 0.717) is 5.02 Å². The van der Waals surface area contributed by atoms with Gasteiger partial charge in [-0.3, -0.25) is 4.21 Å². The fourth-order valence-corrected chi connectivity index (χ4v) is 4.56. The standard InChI is InChI=1S/C22H28ClNO3S.C5H12/c1-16-7-3-4-8-18(16)22(19-11-10-17(23)15-20(19)28(2)25)24-12-5-9-21-26-13-6-14-27-21;1-4-5(2)3/h3-4,7-8,10-11,15,21-22,24H,5-6,9,12-14H2,1-2H3;5H,4H2,1-3H3. The molecule has 0 spiro atoms. The Hall–Kier alpha value is -1.24. The van der Waals surface area contributed by atoms with E-state index < -0.39 is 10.8 Å². The normalized spacial score (nSPS) is 16.2.